The number of Topliss-reactive ketones (excluding diaryl/α,β-unsaturated/α-hetero) is 1. The van der Waals surface area contributed by atoms with Gasteiger partial charge in [0.2, 0.25) is 0 Å². The molecule has 0 unspecified atom stereocenters. The summed E-state index contributed by atoms with van der Waals surface area (Å²) in [6.45, 7) is 0. The first-order valence-corrected chi connectivity index (χ1v) is 5.21. The fourth-order valence-corrected chi connectivity index (χ4v) is 1.09. The van der Waals surface area contributed by atoms with Gasteiger partial charge in [-0.3, -0.25) is 10.2 Å². The molecular formula is C11H7F7N2O. The number of rotatable bonds is 5. The summed E-state index contributed by atoms with van der Waals surface area (Å²) in [5.74, 6) is -15.2. The van der Waals surface area contributed by atoms with Crippen LogP contribution in [0.5, 0.6) is 0 Å². The number of hydrazone groups is 1. The van der Waals surface area contributed by atoms with Crippen LogP contribution in [0.25, 0.3) is 0 Å². The SMILES string of the molecule is O=C(/C=N\Nc1ccccc1)C(F)(F)C(F)(F)C(F)(F)F. The van der Waals surface area contributed by atoms with Crippen molar-refractivity contribution < 1.29 is 35.5 Å². The van der Waals surface area contributed by atoms with Crippen molar-refractivity contribution in [2.24, 2.45) is 5.10 Å². The van der Waals surface area contributed by atoms with Crippen molar-refractivity contribution in [1.82, 2.24) is 0 Å². The van der Waals surface area contributed by atoms with E-state index < -0.39 is 23.8 Å². The minimum absolute atomic E-state index is 0.215. The van der Waals surface area contributed by atoms with Crippen molar-refractivity contribution in [2.75, 3.05) is 5.43 Å². The maximum atomic E-state index is 12.9. The number of carbonyl (C=O) groups is 1. The molecule has 0 aliphatic rings. The number of halogens is 7. The van der Waals surface area contributed by atoms with Gasteiger partial charge in [0.15, 0.2) is 0 Å². The molecule has 0 aromatic heterocycles. The zero-order valence-electron chi connectivity index (χ0n) is 9.97. The Kier molecular flexibility index (Phi) is 4.59. The molecule has 0 radical (unpaired) electrons. The number of carbonyl (C=O) groups excluding carboxylic acids is 1. The third kappa shape index (κ3) is 3.50. The van der Waals surface area contributed by atoms with Crippen LogP contribution in [0.2, 0.25) is 0 Å². The van der Waals surface area contributed by atoms with Crippen LogP contribution in [-0.4, -0.2) is 30.0 Å². The number of nitrogens with zero attached hydrogens (tertiary/aromatic N) is 1. The molecule has 0 spiro atoms. The van der Waals surface area contributed by atoms with E-state index in [1.165, 1.54) is 24.3 Å². The summed E-state index contributed by atoms with van der Waals surface area (Å²) < 4.78 is 86.3. The van der Waals surface area contributed by atoms with Crippen molar-refractivity contribution in [1.29, 1.82) is 0 Å². The maximum Gasteiger partial charge on any atom is 0.460 e. The number of alkyl halides is 7. The van der Waals surface area contributed by atoms with E-state index in [1.54, 1.807) is 6.07 Å². The smallest absolute Gasteiger partial charge is 0.286 e. The molecule has 0 aliphatic carbocycles. The zero-order valence-corrected chi connectivity index (χ0v) is 9.97. The van der Waals surface area contributed by atoms with Gasteiger partial charge in [-0.15, -0.1) is 0 Å². The van der Waals surface area contributed by atoms with Gasteiger partial charge in [0.05, 0.1) is 11.9 Å². The van der Waals surface area contributed by atoms with E-state index in [0.717, 1.165) is 0 Å². The number of para-hydroxylation sites is 1. The highest BCUT2D eigenvalue weighted by atomic mass is 19.4. The molecule has 1 aromatic rings. The first-order chi connectivity index (χ1) is 9.50. The maximum absolute atomic E-state index is 12.9. The Morgan fingerprint density at radius 2 is 1.52 bits per heavy atom. The van der Waals surface area contributed by atoms with Crippen molar-refractivity contribution in [3.63, 3.8) is 0 Å². The van der Waals surface area contributed by atoms with E-state index in [1.807, 2.05) is 5.43 Å². The third-order valence-corrected chi connectivity index (χ3v) is 2.21. The van der Waals surface area contributed by atoms with Gasteiger partial charge in [-0.1, -0.05) is 18.2 Å². The Morgan fingerprint density at radius 1 is 1.00 bits per heavy atom. The molecule has 10 heteroatoms. The number of hydrogen-bond donors (Lipinski definition) is 1. The molecular weight excluding hydrogens is 309 g/mol. The Morgan fingerprint density at radius 3 is 2.00 bits per heavy atom. The molecule has 0 aliphatic heterocycles. The van der Waals surface area contributed by atoms with Crippen molar-refractivity contribution in [2.45, 2.75) is 18.0 Å². The Labute approximate surface area is 113 Å². The first-order valence-electron chi connectivity index (χ1n) is 5.21. The normalized spacial score (nSPS) is 13.5. The summed E-state index contributed by atoms with van der Waals surface area (Å²) in [5, 5.41) is 2.90. The number of ketones is 1. The van der Waals surface area contributed by atoms with Gasteiger partial charge in [0.25, 0.3) is 5.78 Å². The van der Waals surface area contributed by atoms with Crippen LogP contribution >= 0.6 is 0 Å². The van der Waals surface area contributed by atoms with Gasteiger partial charge < -0.3 is 0 Å². The summed E-state index contributed by atoms with van der Waals surface area (Å²) in [6.07, 6.45) is -6.89. The molecule has 1 rings (SSSR count). The number of benzene rings is 1. The molecule has 0 saturated carbocycles. The topological polar surface area (TPSA) is 41.5 Å². The average molecular weight is 316 g/mol. The van der Waals surface area contributed by atoms with E-state index in [2.05, 4.69) is 5.10 Å². The molecule has 3 nitrogen and oxygen atoms in total. The molecule has 0 fully saturated rings. The van der Waals surface area contributed by atoms with Crippen LogP contribution in [0.1, 0.15) is 0 Å². The Hall–Kier alpha value is -2.13. The lowest BCUT2D eigenvalue weighted by molar-refractivity contribution is -0.342. The second-order valence-corrected chi connectivity index (χ2v) is 3.75. The van der Waals surface area contributed by atoms with E-state index in [-0.39, 0.29) is 11.9 Å². The summed E-state index contributed by atoms with van der Waals surface area (Å²) in [4.78, 5) is 10.8. The quantitative estimate of drug-likeness (QED) is 0.513. The lowest BCUT2D eigenvalue weighted by Gasteiger charge is -2.25. The highest BCUT2D eigenvalue weighted by Crippen LogP contribution is 2.46. The van der Waals surface area contributed by atoms with Crippen LogP contribution in [0.3, 0.4) is 0 Å². The van der Waals surface area contributed by atoms with Crippen LogP contribution in [0.4, 0.5) is 36.4 Å². The summed E-state index contributed by atoms with van der Waals surface area (Å²) in [6, 6.07) is 7.39. The van der Waals surface area contributed by atoms with E-state index in [0.29, 0.717) is 0 Å². The predicted octanol–water partition coefficient (Wildman–Crippen LogP) is 3.49. The van der Waals surface area contributed by atoms with E-state index in [4.69, 9.17) is 0 Å². The van der Waals surface area contributed by atoms with Crippen molar-refractivity contribution in [3.8, 4) is 0 Å². The third-order valence-electron chi connectivity index (χ3n) is 2.21. The summed E-state index contributed by atoms with van der Waals surface area (Å²) in [7, 11) is 0. The predicted molar refractivity (Wildman–Crippen MR) is 59.5 cm³/mol. The molecule has 0 heterocycles. The van der Waals surface area contributed by atoms with Gasteiger partial charge in [-0.2, -0.15) is 35.8 Å². The minimum atomic E-state index is -6.56. The van der Waals surface area contributed by atoms with Gasteiger partial charge >= 0.3 is 18.0 Å². The Bertz CT molecular complexity index is 525. The number of nitrogens with one attached hydrogen (secondary N) is 1. The molecule has 21 heavy (non-hydrogen) atoms. The fraction of sp³-hybridized carbons (Fsp3) is 0.273. The molecule has 1 N–H and O–H groups in total. The van der Waals surface area contributed by atoms with Crippen LogP contribution in [0.15, 0.2) is 35.4 Å². The van der Waals surface area contributed by atoms with Crippen LogP contribution in [-0.2, 0) is 4.79 Å². The molecule has 0 saturated heterocycles. The molecule has 0 bridgehead atoms. The van der Waals surface area contributed by atoms with Crippen molar-refractivity contribution >= 4 is 17.7 Å². The summed E-state index contributed by atoms with van der Waals surface area (Å²) >= 11 is 0. The summed E-state index contributed by atoms with van der Waals surface area (Å²) in [5.41, 5.74) is 2.24. The zero-order chi connectivity index (χ0) is 16.3. The molecule has 1 aromatic carbocycles. The first kappa shape index (κ1) is 16.9. The highest BCUT2D eigenvalue weighted by Gasteiger charge is 2.75. The van der Waals surface area contributed by atoms with Gasteiger partial charge in [-0.25, -0.2) is 0 Å². The monoisotopic (exact) mass is 316 g/mol. The second-order valence-electron chi connectivity index (χ2n) is 3.75. The van der Waals surface area contributed by atoms with Gasteiger partial charge in [-0.05, 0) is 12.1 Å². The molecule has 0 atom stereocenters. The molecule has 116 valence electrons. The van der Waals surface area contributed by atoms with Crippen molar-refractivity contribution in [3.05, 3.63) is 30.3 Å². The van der Waals surface area contributed by atoms with E-state index in [9.17, 15) is 35.5 Å². The minimum Gasteiger partial charge on any atom is -0.286 e. The number of anilines is 1. The lowest BCUT2D eigenvalue weighted by atomic mass is 10.1. The largest absolute Gasteiger partial charge is 0.460 e. The average Bonchev–Trinajstić information content (AvgIpc) is 2.38. The fourth-order valence-electron chi connectivity index (χ4n) is 1.09. The Balaban J connectivity index is 2.83. The second kappa shape index (κ2) is 5.70. The van der Waals surface area contributed by atoms with Gasteiger partial charge in [0.1, 0.15) is 0 Å². The number of hydrogen-bond acceptors (Lipinski definition) is 3. The molecule has 0 amide bonds. The van der Waals surface area contributed by atoms with Gasteiger partial charge in [0, 0.05) is 0 Å². The van der Waals surface area contributed by atoms with E-state index >= 15 is 0 Å². The highest BCUT2D eigenvalue weighted by molar-refractivity contribution is 6.31. The van der Waals surface area contributed by atoms with Crippen LogP contribution < -0.4 is 5.43 Å². The standard InChI is InChI=1S/C11H7F7N2O/c12-9(13,10(14,15)11(16,17)18)8(21)6-19-20-7-4-2-1-3-5-7/h1-6,20H/b19-6-. The lowest BCUT2D eigenvalue weighted by Crippen LogP contribution is -2.56. The van der Waals surface area contributed by atoms with Crippen LogP contribution in [0, 0.1) is 0 Å².